The van der Waals surface area contributed by atoms with E-state index in [0.29, 0.717) is 0 Å². The molecule has 2 aromatic heterocycles. The first kappa shape index (κ1) is 10.9. The van der Waals surface area contributed by atoms with Gasteiger partial charge in [-0.2, -0.15) is 5.10 Å². The second-order valence-corrected chi connectivity index (χ2v) is 4.09. The first-order chi connectivity index (χ1) is 7.68. The molecule has 0 N–H and O–H groups in total. The third-order valence-electron chi connectivity index (χ3n) is 3.05. The lowest BCUT2D eigenvalue weighted by Gasteiger charge is -2.04. The van der Waals surface area contributed by atoms with E-state index in [0.717, 1.165) is 24.4 Å². The number of aromatic nitrogens is 3. The summed E-state index contributed by atoms with van der Waals surface area (Å²) in [6.45, 7) is 7.19. The van der Waals surface area contributed by atoms with Crippen LogP contribution in [0.1, 0.15) is 22.6 Å². The standard InChI is InChI=1S/C13H17N3/c1-10-11(2)15-16(12(10)3)9-7-13-6-4-5-8-14-13/h4-6,8H,7,9H2,1-3H3. The van der Waals surface area contributed by atoms with Crippen LogP contribution in [0, 0.1) is 20.8 Å². The molecule has 0 aromatic carbocycles. The van der Waals surface area contributed by atoms with Gasteiger partial charge in [0.05, 0.1) is 5.69 Å². The minimum Gasteiger partial charge on any atom is -0.269 e. The van der Waals surface area contributed by atoms with Crippen molar-refractivity contribution in [3.63, 3.8) is 0 Å². The van der Waals surface area contributed by atoms with Crippen molar-refractivity contribution in [3.05, 3.63) is 47.0 Å². The van der Waals surface area contributed by atoms with Crippen LogP contribution in [0.4, 0.5) is 0 Å². The summed E-state index contributed by atoms with van der Waals surface area (Å²) >= 11 is 0. The van der Waals surface area contributed by atoms with E-state index < -0.39 is 0 Å². The highest BCUT2D eigenvalue weighted by atomic mass is 15.3. The molecule has 2 heterocycles. The molecule has 0 aliphatic carbocycles. The SMILES string of the molecule is Cc1nn(CCc2ccccn2)c(C)c1C. The Morgan fingerprint density at radius 3 is 2.56 bits per heavy atom. The van der Waals surface area contributed by atoms with E-state index in [1.165, 1.54) is 11.3 Å². The number of pyridine rings is 1. The van der Waals surface area contributed by atoms with Gasteiger partial charge in [-0.3, -0.25) is 9.67 Å². The maximum atomic E-state index is 4.51. The third-order valence-corrected chi connectivity index (χ3v) is 3.05. The van der Waals surface area contributed by atoms with E-state index in [2.05, 4.69) is 41.6 Å². The van der Waals surface area contributed by atoms with Crippen molar-refractivity contribution >= 4 is 0 Å². The van der Waals surface area contributed by atoms with E-state index in [9.17, 15) is 0 Å². The molecule has 0 bridgehead atoms. The largest absolute Gasteiger partial charge is 0.269 e. The summed E-state index contributed by atoms with van der Waals surface area (Å²) in [4.78, 5) is 4.31. The van der Waals surface area contributed by atoms with Crippen LogP contribution in [0.2, 0.25) is 0 Å². The molecular formula is C13H17N3. The van der Waals surface area contributed by atoms with Crippen LogP contribution in [0.15, 0.2) is 24.4 Å². The van der Waals surface area contributed by atoms with Gasteiger partial charge in [-0.15, -0.1) is 0 Å². The van der Waals surface area contributed by atoms with Crippen LogP contribution in [-0.2, 0) is 13.0 Å². The van der Waals surface area contributed by atoms with Crippen LogP contribution >= 0.6 is 0 Å². The van der Waals surface area contributed by atoms with E-state index in [1.807, 2.05) is 18.3 Å². The molecule has 0 saturated carbocycles. The fourth-order valence-corrected chi connectivity index (χ4v) is 1.77. The zero-order valence-electron chi connectivity index (χ0n) is 10.1. The van der Waals surface area contributed by atoms with Crippen LogP contribution in [0.3, 0.4) is 0 Å². The number of hydrogen-bond donors (Lipinski definition) is 0. The van der Waals surface area contributed by atoms with Crippen molar-refractivity contribution in [3.8, 4) is 0 Å². The molecule has 0 radical (unpaired) electrons. The summed E-state index contributed by atoms with van der Waals surface area (Å²) in [7, 11) is 0. The van der Waals surface area contributed by atoms with Gasteiger partial charge in [0.2, 0.25) is 0 Å². The first-order valence-electron chi connectivity index (χ1n) is 5.59. The van der Waals surface area contributed by atoms with Crippen molar-refractivity contribution in [1.82, 2.24) is 14.8 Å². The lowest BCUT2D eigenvalue weighted by atomic mass is 10.2. The third kappa shape index (κ3) is 2.13. The molecule has 0 spiro atoms. The second kappa shape index (κ2) is 4.47. The highest BCUT2D eigenvalue weighted by Crippen LogP contribution is 2.11. The Kier molecular flexibility index (Phi) is 3.04. The van der Waals surface area contributed by atoms with Gasteiger partial charge in [-0.05, 0) is 38.5 Å². The zero-order chi connectivity index (χ0) is 11.5. The van der Waals surface area contributed by atoms with E-state index in [-0.39, 0.29) is 0 Å². The molecule has 0 aliphatic rings. The zero-order valence-corrected chi connectivity index (χ0v) is 10.1. The molecule has 0 fully saturated rings. The molecule has 0 unspecified atom stereocenters. The summed E-state index contributed by atoms with van der Waals surface area (Å²) in [6.07, 6.45) is 2.77. The average Bonchev–Trinajstić information content (AvgIpc) is 2.56. The summed E-state index contributed by atoms with van der Waals surface area (Å²) in [5, 5.41) is 4.51. The maximum absolute atomic E-state index is 4.51. The molecule has 3 heteroatoms. The molecule has 0 aliphatic heterocycles. The Hall–Kier alpha value is -1.64. The van der Waals surface area contributed by atoms with Crippen LogP contribution in [-0.4, -0.2) is 14.8 Å². The average molecular weight is 215 g/mol. The van der Waals surface area contributed by atoms with Crippen molar-refractivity contribution in [2.75, 3.05) is 0 Å². The van der Waals surface area contributed by atoms with E-state index in [1.54, 1.807) is 0 Å². The predicted octanol–water partition coefficient (Wildman–Crippen LogP) is 2.45. The normalized spacial score (nSPS) is 10.7. The van der Waals surface area contributed by atoms with Crippen molar-refractivity contribution in [2.24, 2.45) is 0 Å². The van der Waals surface area contributed by atoms with Gasteiger partial charge in [0.15, 0.2) is 0 Å². The van der Waals surface area contributed by atoms with Crippen molar-refractivity contribution in [2.45, 2.75) is 33.7 Å². The van der Waals surface area contributed by atoms with Gasteiger partial charge in [0, 0.05) is 30.6 Å². The molecule has 0 atom stereocenters. The van der Waals surface area contributed by atoms with Crippen LogP contribution in [0.5, 0.6) is 0 Å². The molecule has 3 nitrogen and oxygen atoms in total. The van der Waals surface area contributed by atoms with E-state index >= 15 is 0 Å². The van der Waals surface area contributed by atoms with Crippen LogP contribution in [0.25, 0.3) is 0 Å². The fourth-order valence-electron chi connectivity index (χ4n) is 1.77. The molecule has 2 rings (SSSR count). The molecule has 0 saturated heterocycles. The summed E-state index contributed by atoms with van der Waals surface area (Å²) in [6, 6.07) is 6.02. The lowest BCUT2D eigenvalue weighted by Crippen LogP contribution is -2.06. The van der Waals surface area contributed by atoms with Gasteiger partial charge < -0.3 is 0 Å². The highest BCUT2D eigenvalue weighted by Gasteiger charge is 2.06. The second-order valence-electron chi connectivity index (χ2n) is 4.09. The number of aryl methyl sites for hydroxylation is 3. The topological polar surface area (TPSA) is 30.7 Å². The first-order valence-corrected chi connectivity index (χ1v) is 5.59. The Labute approximate surface area is 96.1 Å². The summed E-state index contributed by atoms with van der Waals surface area (Å²) in [5.41, 5.74) is 4.79. The number of nitrogens with zero attached hydrogens (tertiary/aromatic N) is 3. The minimum absolute atomic E-state index is 0.900. The number of hydrogen-bond acceptors (Lipinski definition) is 2. The Morgan fingerprint density at radius 2 is 2.00 bits per heavy atom. The summed E-state index contributed by atoms with van der Waals surface area (Å²) in [5.74, 6) is 0. The fraction of sp³-hybridized carbons (Fsp3) is 0.385. The molecule has 0 amide bonds. The lowest BCUT2D eigenvalue weighted by molar-refractivity contribution is 0.588. The molecule has 84 valence electrons. The quantitative estimate of drug-likeness (QED) is 0.787. The van der Waals surface area contributed by atoms with Crippen molar-refractivity contribution < 1.29 is 0 Å². The van der Waals surface area contributed by atoms with Crippen molar-refractivity contribution in [1.29, 1.82) is 0 Å². The molecule has 16 heavy (non-hydrogen) atoms. The predicted molar refractivity (Wildman–Crippen MR) is 64.4 cm³/mol. The maximum Gasteiger partial charge on any atom is 0.0625 e. The number of rotatable bonds is 3. The minimum atomic E-state index is 0.900. The van der Waals surface area contributed by atoms with Gasteiger partial charge in [0.1, 0.15) is 0 Å². The Bertz CT molecular complexity index is 471. The summed E-state index contributed by atoms with van der Waals surface area (Å²) < 4.78 is 2.07. The van der Waals surface area contributed by atoms with Crippen LogP contribution < -0.4 is 0 Å². The highest BCUT2D eigenvalue weighted by molar-refractivity contribution is 5.22. The van der Waals surface area contributed by atoms with Gasteiger partial charge in [-0.1, -0.05) is 6.07 Å². The van der Waals surface area contributed by atoms with Gasteiger partial charge in [-0.25, -0.2) is 0 Å². The Morgan fingerprint density at radius 1 is 1.19 bits per heavy atom. The molecule has 2 aromatic rings. The van der Waals surface area contributed by atoms with E-state index in [4.69, 9.17) is 0 Å². The van der Waals surface area contributed by atoms with Gasteiger partial charge in [0.25, 0.3) is 0 Å². The Balaban J connectivity index is 2.08. The molecular weight excluding hydrogens is 198 g/mol. The monoisotopic (exact) mass is 215 g/mol. The van der Waals surface area contributed by atoms with Gasteiger partial charge >= 0.3 is 0 Å². The smallest absolute Gasteiger partial charge is 0.0625 e.